The fourth-order valence-corrected chi connectivity index (χ4v) is 1.94. The Morgan fingerprint density at radius 3 is 2.28 bits per heavy atom. The van der Waals surface area contributed by atoms with Crippen molar-refractivity contribution in [2.24, 2.45) is 0 Å². The van der Waals surface area contributed by atoms with E-state index in [1.807, 2.05) is 13.8 Å². The van der Waals surface area contributed by atoms with Gasteiger partial charge in [-0.25, -0.2) is 4.39 Å². The lowest BCUT2D eigenvalue weighted by atomic mass is 10.1. The van der Waals surface area contributed by atoms with E-state index >= 15 is 0 Å². The summed E-state index contributed by atoms with van der Waals surface area (Å²) < 4.78 is 14.5. The van der Waals surface area contributed by atoms with E-state index in [1.165, 1.54) is 12.1 Å². The first kappa shape index (κ1) is 12.4. The number of nitrogens with two attached hydrogens (primary N) is 1. The van der Waals surface area contributed by atoms with Crippen LogP contribution < -0.4 is 11.3 Å². The highest BCUT2D eigenvalue weighted by Crippen LogP contribution is 2.22. The summed E-state index contributed by atoms with van der Waals surface area (Å²) in [5.74, 6) is -0.298. The maximum absolute atomic E-state index is 12.9. The molecule has 1 heterocycles. The molecule has 2 rings (SSSR count). The summed E-state index contributed by atoms with van der Waals surface area (Å²) in [7, 11) is 0. The molecule has 0 unspecified atom stereocenters. The minimum atomic E-state index is -0.298. The van der Waals surface area contributed by atoms with Gasteiger partial charge in [-0.05, 0) is 55.8 Å². The number of benzene rings is 1. The summed E-state index contributed by atoms with van der Waals surface area (Å²) >= 11 is 0. The lowest BCUT2D eigenvalue weighted by Gasteiger charge is -2.17. The molecule has 2 N–H and O–H groups in total. The minimum Gasteiger partial charge on any atom is -0.394 e. The van der Waals surface area contributed by atoms with Crippen molar-refractivity contribution < 1.29 is 4.39 Å². The molecule has 0 saturated heterocycles. The fraction of sp³-hybridized carbons (Fsp3) is 0.214. The van der Waals surface area contributed by atoms with Crippen molar-refractivity contribution in [1.82, 2.24) is 4.57 Å². The molecule has 0 atom stereocenters. The van der Waals surface area contributed by atoms with Crippen LogP contribution in [0.15, 0.2) is 41.2 Å². The van der Waals surface area contributed by atoms with E-state index in [4.69, 9.17) is 5.73 Å². The van der Waals surface area contributed by atoms with Gasteiger partial charge in [0.1, 0.15) is 5.82 Å². The van der Waals surface area contributed by atoms with Gasteiger partial charge in [-0.3, -0.25) is 4.79 Å². The van der Waals surface area contributed by atoms with Crippen LogP contribution in [0, 0.1) is 5.82 Å². The Hall–Kier alpha value is -2.10. The molecule has 94 valence electrons. The van der Waals surface area contributed by atoms with Crippen molar-refractivity contribution in [2.75, 3.05) is 5.73 Å². The molecule has 1 aromatic carbocycles. The second-order valence-electron chi connectivity index (χ2n) is 4.45. The molecule has 0 aliphatic rings. The van der Waals surface area contributed by atoms with E-state index in [9.17, 15) is 9.18 Å². The molecule has 0 amide bonds. The molecule has 4 heteroatoms. The van der Waals surface area contributed by atoms with Crippen molar-refractivity contribution in [1.29, 1.82) is 0 Å². The molecule has 1 aromatic heterocycles. The van der Waals surface area contributed by atoms with Crippen LogP contribution in [-0.4, -0.2) is 4.57 Å². The van der Waals surface area contributed by atoms with Gasteiger partial charge in [-0.15, -0.1) is 0 Å². The zero-order valence-corrected chi connectivity index (χ0v) is 10.4. The second-order valence-corrected chi connectivity index (χ2v) is 4.45. The van der Waals surface area contributed by atoms with E-state index in [1.54, 1.807) is 28.8 Å². The Balaban J connectivity index is 2.68. The molecule has 0 saturated carbocycles. The highest BCUT2D eigenvalue weighted by atomic mass is 19.1. The zero-order chi connectivity index (χ0) is 13.3. The first-order chi connectivity index (χ1) is 8.50. The molecule has 0 aliphatic heterocycles. The first-order valence-corrected chi connectivity index (χ1v) is 5.77. The van der Waals surface area contributed by atoms with Crippen molar-refractivity contribution in [3.05, 3.63) is 52.6 Å². The molecule has 0 bridgehead atoms. The van der Waals surface area contributed by atoms with Crippen LogP contribution in [-0.2, 0) is 0 Å². The van der Waals surface area contributed by atoms with Gasteiger partial charge in [0.15, 0.2) is 0 Å². The highest BCUT2D eigenvalue weighted by Gasteiger charge is 2.11. The molecule has 0 aliphatic carbocycles. The summed E-state index contributed by atoms with van der Waals surface area (Å²) in [5.41, 5.74) is 7.17. The predicted molar refractivity (Wildman–Crippen MR) is 70.9 cm³/mol. The number of nitrogen functional groups attached to an aromatic ring is 1. The monoisotopic (exact) mass is 246 g/mol. The van der Waals surface area contributed by atoms with Crippen molar-refractivity contribution in [2.45, 2.75) is 19.9 Å². The molecular weight excluding hydrogens is 231 g/mol. The Bertz CT molecular complexity index is 615. The number of hydrogen-bond acceptors (Lipinski definition) is 2. The molecule has 0 fully saturated rings. The molecule has 2 aromatic rings. The molecular formula is C14H15FN2O. The third kappa shape index (κ3) is 2.14. The normalized spacial score (nSPS) is 10.9. The largest absolute Gasteiger partial charge is 0.394 e. The van der Waals surface area contributed by atoms with Gasteiger partial charge in [0.05, 0.1) is 11.4 Å². The van der Waals surface area contributed by atoms with Gasteiger partial charge in [0, 0.05) is 6.04 Å². The zero-order valence-electron chi connectivity index (χ0n) is 10.4. The lowest BCUT2D eigenvalue weighted by molar-refractivity contribution is 0.586. The first-order valence-electron chi connectivity index (χ1n) is 5.77. The van der Waals surface area contributed by atoms with Gasteiger partial charge < -0.3 is 10.3 Å². The van der Waals surface area contributed by atoms with Gasteiger partial charge >= 0.3 is 0 Å². The van der Waals surface area contributed by atoms with E-state index < -0.39 is 0 Å². The van der Waals surface area contributed by atoms with E-state index in [2.05, 4.69) is 0 Å². The van der Waals surface area contributed by atoms with Crippen molar-refractivity contribution in [3.63, 3.8) is 0 Å². The number of hydrogen-bond donors (Lipinski definition) is 1. The number of aromatic nitrogens is 1. The van der Waals surface area contributed by atoms with Crippen molar-refractivity contribution in [3.8, 4) is 11.3 Å². The maximum atomic E-state index is 12.9. The summed E-state index contributed by atoms with van der Waals surface area (Å²) in [5, 5.41) is 0. The summed E-state index contributed by atoms with van der Waals surface area (Å²) in [6.07, 6.45) is 0. The van der Waals surface area contributed by atoms with Crippen LogP contribution in [0.25, 0.3) is 11.3 Å². The number of halogens is 1. The van der Waals surface area contributed by atoms with Gasteiger partial charge in [-0.1, -0.05) is 0 Å². The Kier molecular flexibility index (Phi) is 3.19. The molecule has 0 radical (unpaired) electrons. The Morgan fingerprint density at radius 1 is 1.11 bits per heavy atom. The minimum absolute atomic E-state index is 0.0129. The third-order valence-corrected chi connectivity index (χ3v) is 2.80. The highest BCUT2D eigenvalue weighted by molar-refractivity contribution is 5.61. The van der Waals surface area contributed by atoms with Gasteiger partial charge in [-0.2, -0.15) is 0 Å². The van der Waals surface area contributed by atoms with Crippen LogP contribution in [0.4, 0.5) is 10.1 Å². The average Bonchev–Trinajstić information content (AvgIpc) is 2.33. The van der Waals surface area contributed by atoms with E-state index in [0.29, 0.717) is 0 Å². The quantitative estimate of drug-likeness (QED) is 0.885. The van der Waals surface area contributed by atoms with Crippen LogP contribution in [0.3, 0.4) is 0 Å². The lowest BCUT2D eigenvalue weighted by Crippen LogP contribution is -2.25. The Morgan fingerprint density at radius 2 is 1.72 bits per heavy atom. The van der Waals surface area contributed by atoms with Crippen molar-refractivity contribution >= 4 is 5.69 Å². The standard InChI is InChI=1S/C14H15FN2O/c1-9(2)17-13(8-7-12(16)14(17)18)10-3-5-11(15)6-4-10/h3-9H,16H2,1-2H3. The number of nitrogens with zero attached hydrogens (tertiary/aromatic N) is 1. The van der Waals surface area contributed by atoms with E-state index in [0.717, 1.165) is 11.3 Å². The number of rotatable bonds is 2. The van der Waals surface area contributed by atoms with E-state index in [-0.39, 0.29) is 23.1 Å². The molecule has 0 spiro atoms. The molecule has 18 heavy (non-hydrogen) atoms. The topological polar surface area (TPSA) is 48.0 Å². The number of anilines is 1. The third-order valence-electron chi connectivity index (χ3n) is 2.80. The second kappa shape index (κ2) is 4.64. The fourth-order valence-electron chi connectivity index (χ4n) is 1.94. The SMILES string of the molecule is CC(C)n1c(-c2ccc(F)cc2)ccc(N)c1=O. The summed E-state index contributed by atoms with van der Waals surface area (Å²) in [6.45, 7) is 3.82. The van der Waals surface area contributed by atoms with Crippen LogP contribution in [0.5, 0.6) is 0 Å². The van der Waals surface area contributed by atoms with Crippen LogP contribution >= 0.6 is 0 Å². The number of pyridine rings is 1. The smallest absolute Gasteiger partial charge is 0.274 e. The maximum Gasteiger partial charge on any atom is 0.274 e. The molecule has 3 nitrogen and oxygen atoms in total. The average molecular weight is 246 g/mol. The summed E-state index contributed by atoms with van der Waals surface area (Å²) in [6, 6.07) is 9.41. The predicted octanol–water partition coefficient (Wildman–Crippen LogP) is 2.82. The van der Waals surface area contributed by atoms with Crippen LogP contribution in [0.1, 0.15) is 19.9 Å². The Labute approximate surface area is 105 Å². The van der Waals surface area contributed by atoms with Gasteiger partial charge in [0.2, 0.25) is 0 Å². The van der Waals surface area contributed by atoms with Gasteiger partial charge in [0.25, 0.3) is 5.56 Å². The summed E-state index contributed by atoms with van der Waals surface area (Å²) in [4.78, 5) is 12.0. The van der Waals surface area contributed by atoms with Crippen LogP contribution in [0.2, 0.25) is 0 Å².